The van der Waals surface area contributed by atoms with E-state index in [1.54, 1.807) is 12.3 Å². The van der Waals surface area contributed by atoms with Crippen LogP contribution in [0, 0.1) is 11.6 Å². The first-order valence-electron chi connectivity index (χ1n) is 6.53. The largest absolute Gasteiger partial charge is 0.466 e. The van der Waals surface area contributed by atoms with Crippen LogP contribution < -0.4 is 5.43 Å². The van der Waals surface area contributed by atoms with Crippen LogP contribution in [0.5, 0.6) is 0 Å². The Bertz CT molecular complexity index is 714. The molecule has 122 valence electrons. The number of carbonyl (C=O) groups is 1. The van der Waals surface area contributed by atoms with Gasteiger partial charge in [0.1, 0.15) is 0 Å². The number of nitrogens with one attached hydrogen (secondary N) is 1. The highest BCUT2D eigenvalue weighted by molar-refractivity contribution is 7.13. The number of halogens is 3. The summed E-state index contributed by atoms with van der Waals surface area (Å²) >= 11 is 6.79. The molecule has 0 radical (unpaired) electrons. The summed E-state index contributed by atoms with van der Waals surface area (Å²) in [6.07, 6.45) is 1.36. The molecule has 0 spiro atoms. The molecule has 1 heterocycles. The van der Waals surface area contributed by atoms with Gasteiger partial charge in [-0.2, -0.15) is 5.10 Å². The van der Waals surface area contributed by atoms with Crippen LogP contribution in [-0.4, -0.2) is 23.8 Å². The van der Waals surface area contributed by atoms with Crippen molar-refractivity contribution in [3.8, 4) is 0 Å². The van der Waals surface area contributed by atoms with E-state index in [-0.39, 0.29) is 17.4 Å². The zero-order valence-electron chi connectivity index (χ0n) is 12.0. The van der Waals surface area contributed by atoms with Crippen LogP contribution in [0.4, 0.5) is 13.9 Å². The number of nitrogens with zero attached hydrogens (tertiary/aromatic N) is 2. The van der Waals surface area contributed by atoms with E-state index in [1.165, 1.54) is 23.6 Å². The zero-order chi connectivity index (χ0) is 16.8. The summed E-state index contributed by atoms with van der Waals surface area (Å²) in [6.45, 7) is 2.04. The molecule has 0 unspecified atom stereocenters. The lowest BCUT2D eigenvalue weighted by Gasteiger charge is -1.99. The molecule has 0 aliphatic carbocycles. The van der Waals surface area contributed by atoms with Gasteiger partial charge in [-0.3, -0.25) is 10.2 Å². The van der Waals surface area contributed by atoms with Crippen molar-refractivity contribution in [3.63, 3.8) is 0 Å². The molecule has 2 rings (SSSR count). The van der Waals surface area contributed by atoms with E-state index in [4.69, 9.17) is 16.3 Å². The Balaban J connectivity index is 1.96. The van der Waals surface area contributed by atoms with Gasteiger partial charge in [-0.15, -0.1) is 11.3 Å². The molecule has 1 N–H and O–H groups in total. The summed E-state index contributed by atoms with van der Waals surface area (Å²) in [5, 5.41) is 5.69. The molecule has 0 aliphatic rings. The molecule has 1 aromatic heterocycles. The van der Waals surface area contributed by atoms with Crippen molar-refractivity contribution in [1.82, 2.24) is 4.98 Å². The van der Waals surface area contributed by atoms with Gasteiger partial charge in [0.2, 0.25) is 5.13 Å². The summed E-state index contributed by atoms with van der Waals surface area (Å²) in [5.41, 5.74) is 3.49. The van der Waals surface area contributed by atoms with Gasteiger partial charge in [-0.1, -0.05) is 11.6 Å². The summed E-state index contributed by atoms with van der Waals surface area (Å²) in [7, 11) is 0. The minimum absolute atomic E-state index is 0.0779. The Morgan fingerprint density at radius 3 is 3.00 bits per heavy atom. The highest BCUT2D eigenvalue weighted by Crippen LogP contribution is 2.19. The average molecular weight is 360 g/mol. The lowest BCUT2D eigenvalue weighted by molar-refractivity contribution is -0.142. The van der Waals surface area contributed by atoms with E-state index in [0.29, 0.717) is 23.0 Å². The second kappa shape index (κ2) is 7.98. The highest BCUT2D eigenvalue weighted by Gasteiger charge is 2.09. The molecule has 0 atom stereocenters. The predicted octanol–water partition coefficient (Wildman–Crippen LogP) is 3.63. The fourth-order valence-corrected chi connectivity index (χ4v) is 2.49. The number of hydrazone groups is 1. The summed E-state index contributed by atoms with van der Waals surface area (Å²) in [5.74, 6) is -2.51. The molecule has 23 heavy (non-hydrogen) atoms. The van der Waals surface area contributed by atoms with Crippen LogP contribution in [0.15, 0.2) is 22.6 Å². The van der Waals surface area contributed by atoms with E-state index in [9.17, 15) is 13.6 Å². The fraction of sp³-hybridized carbons (Fsp3) is 0.214. The van der Waals surface area contributed by atoms with Crippen molar-refractivity contribution in [2.45, 2.75) is 13.3 Å². The number of ether oxygens (including phenoxy) is 1. The zero-order valence-corrected chi connectivity index (χ0v) is 13.5. The highest BCUT2D eigenvalue weighted by atomic mass is 35.5. The third kappa shape index (κ3) is 4.97. The van der Waals surface area contributed by atoms with Crippen molar-refractivity contribution in [1.29, 1.82) is 0 Å². The van der Waals surface area contributed by atoms with Gasteiger partial charge in [0, 0.05) is 5.38 Å². The number of aromatic nitrogens is 1. The SMILES string of the molecule is CCOC(=O)Cc1csc(NN=Cc2cc(F)c(F)c(Cl)c2)n1. The Morgan fingerprint density at radius 1 is 1.52 bits per heavy atom. The fourth-order valence-electron chi connectivity index (χ4n) is 1.61. The molecule has 0 bridgehead atoms. The standard InChI is InChI=1S/C14H12ClF2N3O2S/c1-2-22-12(21)5-9-7-23-14(19-9)20-18-6-8-3-10(15)13(17)11(16)4-8/h3-4,6-7H,2,5H2,1H3,(H,19,20). The molecule has 0 saturated carbocycles. The van der Waals surface area contributed by atoms with Crippen molar-refractivity contribution >= 4 is 40.3 Å². The van der Waals surface area contributed by atoms with Crippen molar-refractivity contribution < 1.29 is 18.3 Å². The normalized spacial score (nSPS) is 11.0. The van der Waals surface area contributed by atoms with Crippen LogP contribution in [-0.2, 0) is 16.0 Å². The van der Waals surface area contributed by atoms with Crippen LogP contribution >= 0.6 is 22.9 Å². The molecular weight excluding hydrogens is 348 g/mol. The van der Waals surface area contributed by atoms with E-state index >= 15 is 0 Å². The van der Waals surface area contributed by atoms with E-state index in [0.717, 1.165) is 6.07 Å². The summed E-state index contributed by atoms with van der Waals surface area (Å²) in [6, 6.07) is 2.22. The van der Waals surface area contributed by atoms with Crippen LogP contribution in [0.1, 0.15) is 18.2 Å². The Kier molecular flexibility index (Phi) is 6.00. The number of carbonyl (C=O) groups excluding carboxylic acids is 1. The first-order valence-corrected chi connectivity index (χ1v) is 7.79. The quantitative estimate of drug-likeness (QED) is 0.370. The second-order valence-corrected chi connectivity index (χ2v) is 5.56. The molecule has 0 fully saturated rings. The van der Waals surface area contributed by atoms with E-state index in [2.05, 4.69) is 15.5 Å². The third-order valence-corrected chi connectivity index (χ3v) is 3.63. The smallest absolute Gasteiger partial charge is 0.311 e. The molecule has 9 heteroatoms. The van der Waals surface area contributed by atoms with Crippen LogP contribution in [0.2, 0.25) is 5.02 Å². The minimum atomic E-state index is -1.10. The molecular formula is C14H12ClF2N3O2S. The van der Waals surface area contributed by atoms with Crippen molar-refractivity contribution in [3.05, 3.63) is 45.4 Å². The Hall–Kier alpha value is -2.06. The lowest BCUT2D eigenvalue weighted by Crippen LogP contribution is -2.07. The van der Waals surface area contributed by atoms with Gasteiger partial charge < -0.3 is 4.74 Å². The van der Waals surface area contributed by atoms with Gasteiger partial charge in [0.15, 0.2) is 11.6 Å². The number of thiazole rings is 1. The van der Waals surface area contributed by atoms with Gasteiger partial charge in [0.25, 0.3) is 0 Å². The van der Waals surface area contributed by atoms with Gasteiger partial charge in [-0.25, -0.2) is 13.8 Å². The monoisotopic (exact) mass is 359 g/mol. The lowest BCUT2D eigenvalue weighted by atomic mass is 10.2. The van der Waals surface area contributed by atoms with Crippen molar-refractivity contribution in [2.24, 2.45) is 5.10 Å². The van der Waals surface area contributed by atoms with Crippen LogP contribution in [0.3, 0.4) is 0 Å². The second-order valence-electron chi connectivity index (χ2n) is 4.29. The van der Waals surface area contributed by atoms with E-state index < -0.39 is 11.6 Å². The number of esters is 1. The minimum Gasteiger partial charge on any atom is -0.466 e. The predicted molar refractivity (Wildman–Crippen MR) is 85.0 cm³/mol. The average Bonchev–Trinajstić information content (AvgIpc) is 2.92. The number of anilines is 1. The maximum atomic E-state index is 13.2. The molecule has 0 saturated heterocycles. The molecule has 0 amide bonds. The number of benzene rings is 1. The van der Waals surface area contributed by atoms with E-state index in [1.807, 2.05) is 0 Å². The Labute approximate surface area is 139 Å². The first kappa shape index (κ1) is 17.3. The maximum Gasteiger partial charge on any atom is 0.311 e. The molecule has 2 aromatic rings. The number of hydrogen-bond donors (Lipinski definition) is 1. The molecule has 0 aliphatic heterocycles. The summed E-state index contributed by atoms with van der Waals surface area (Å²) < 4.78 is 31.1. The van der Waals surface area contributed by atoms with Crippen molar-refractivity contribution in [2.75, 3.05) is 12.0 Å². The summed E-state index contributed by atoms with van der Waals surface area (Å²) in [4.78, 5) is 15.5. The Morgan fingerprint density at radius 2 is 2.30 bits per heavy atom. The number of rotatable bonds is 6. The number of hydrogen-bond acceptors (Lipinski definition) is 6. The third-order valence-electron chi connectivity index (χ3n) is 2.56. The van der Waals surface area contributed by atoms with Gasteiger partial charge in [-0.05, 0) is 24.6 Å². The topological polar surface area (TPSA) is 63.6 Å². The van der Waals surface area contributed by atoms with Gasteiger partial charge in [0.05, 0.1) is 30.0 Å². The van der Waals surface area contributed by atoms with Gasteiger partial charge >= 0.3 is 5.97 Å². The maximum absolute atomic E-state index is 13.2. The first-order chi connectivity index (χ1) is 11.0. The molecule has 5 nitrogen and oxygen atoms in total. The van der Waals surface area contributed by atoms with Crippen LogP contribution in [0.25, 0.3) is 0 Å². The molecule has 1 aromatic carbocycles.